The minimum atomic E-state index is -1.86. The first kappa shape index (κ1) is 63.9. The number of aromatic hydroxyl groups is 1. The van der Waals surface area contributed by atoms with Gasteiger partial charge in [-0.15, -0.1) is 0 Å². The number of phenols is 1. The third-order valence-corrected chi connectivity index (χ3v) is 13.3. The first-order valence-electron chi connectivity index (χ1n) is 26.5. The van der Waals surface area contributed by atoms with Crippen LogP contribution in [0.25, 0.3) is 0 Å². The van der Waals surface area contributed by atoms with Crippen molar-refractivity contribution >= 4 is 70.9 Å². The third kappa shape index (κ3) is 23.2. The normalized spacial score (nSPS) is 24.0. The molecule has 2 saturated heterocycles. The van der Waals surface area contributed by atoms with Crippen LogP contribution in [-0.4, -0.2) is 147 Å². The van der Waals surface area contributed by atoms with Gasteiger partial charge < -0.3 is 75.3 Å². The van der Waals surface area contributed by atoms with Gasteiger partial charge in [0.2, 0.25) is 70.9 Å². The molecule has 1 aromatic rings. The van der Waals surface area contributed by atoms with Gasteiger partial charge in [0.25, 0.3) is 0 Å². The lowest BCUT2D eigenvalue weighted by Crippen LogP contribution is -2.61. The van der Waals surface area contributed by atoms with Crippen LogP contribution in [0.15, 0.2) is 24.3 Å². The maximum atomic E-state index is 14.3. The van der Waals surface area contributed by atoms with Gasteiger partial charge in [0.15, 0.2) is 0 Å². The van der Waals surface area contributed by atoms with Gasteiger partial charge in [-0.25, -0.2) is 0 Å². The summed E-state index contributed by atoms with van der Waals surface area (Å²) >= 11 is 0. The van der Waals surface area contributed by atoms with Crippen molar-refractivity contribution < 1.29 is 67.7 Å². The lowest BCUT2D eigenvalue weighted by molar-refractivity contribution is -0.143. The second-order valence-electron chi connectivity index (χ2n) is 19.9. The molecule has 9 atom stereocenters. The number of aliphatic hydroxyl groups is 1. The Hall–Kier alpha value is -7.38. The molecule has 0 bridgehead atoms. The fraction of sp³-hybridized carbons (Fsp3) is 0.647. The number of rotatable bonds is 24. The molecular formula is C51H80N12O14. The number of unbranched alkanes of at least 4 members (excludes halogenated alkanes) is 10. The molecule has 12 amide bonds. The first-order chi connectivity index (χ1) is 36.5. The van der Waals surface area contributed by atoms with E-state index in [0.717, 1.165) is 43.4 Å². The molecule has 428 valence electrons. The van der Waals surface area contributed by atoms with Crippen molar-refractivity contribution in [1.29, 1.82) is 0 Å². The number of fused-ring (bicyclic) bond motifs is 1. The molecule has 26 nitrogen and oxygen atoms in total. The average molecular weight is 1090 g/mol. The van der Waals surface area contributed by atoms with E-state index in [1.54, 1.807) is 0 Å². The number of nitrogens with two attached hydrogens (primary N) is 4. The maximum Gasteiger partial charge on any atom is 0.245 e. The van der Waals surface area contributed by atoms with Crippen LogP contribution < -0.4 is 60.2 Å². The zero-order chi connectivity index (χ0) is 57.2. The third-order valence-electron chi connectivity index (χ3n) is 13.3. The Morgan fingerprint density at radius 1 is 0.571 bits per heavy atom. The second kappa shape index (κ2) is 32.9. The van der Waals surface area contributed by atoms with Gasteiger partial charge in [-0.3, -0.25) is 57.5 Å². The molecule has 2 heterocycles. The van der Waals surface area contributed by atoms with E-state index in [9.17, 15) is 67.7 Å². The van der Waals surface area contributed by atoms with Crippen LogP contribution >= 0.6 is 0 Å². The van der Waals surface area contributed by atoms with Crippen LogP contribution in [0, 0.1) is 0 Å². The summed E-state index contributed by atoms with van der Waals surface area (Å²) in [5.41, 5.74) is 22.3. The Morgan fingerprint density at radius 3 is 1.56 bits per heavy atom. The molecular weight excluding hydrogens is 1000 g/mol. The first-order valence-corrected chi connectivity index (χ1v) is 26.5. The van der Waals surface area contributed by atoms with Crippen molar-refractivity contribution in [3.05, 3.63) is 29.8 Å². The van der Waals surface area contributed by atoms with Crippen LogP contribution in [0.3, 0.4) is 0 Å². The molecule has 2 unspecified atom stereocenters. The van der Waals surface area contributed by atoms with E-state index in [2.05, 4.69) is 44.1 Å². The molecule has 2 aliphatic rings. The number of aliphatic hydroxyl groups excluding tert-OH is 1. The summed E-state index contributed by atoms with van der Waals surface area (Å²) in [5.74, 6) is -12.6. The van der Waals surface area contributed by atoms with Crippen molar-refractivity contribution in [3.8, 4) is 5.75 Å². The maximum absolute atomic E-state index is 14.3. The summed E-state index contributed by atoms with van der Waals surface area (Å²) in [4.78, 5) is 163. The van der Waals surface area contributed by atoms with E-state index in [1.165, 1.54) is 50.5 Å². The Morgan fingerprint density at radius 2 is 1.04 bits per heavy atom. The highest BCUT2D eigenvalue weighted by Gasteiger charge is 2.41. The minimum Gasteiger partial charge on any atom is -0.508 e. The summed E-state index contributed by atoms with van der Waals surface area (Å²) in [5, 5.41) is 37.9. The number of hydrogen-bond acceptors (Lipinski definition) is 14. The number of nitrogens with one attached hydrogen (secondary N) is 7. The molecule has 2 fully saturated rings. The molecule has 0 spiro atoms. The summed E-state index contributed by atoms with van der Waals surface area (Å²) in [6.45, 7) is 3.25. The number of amides is 12. The predicted molar refractivity (Wildman–Crippen MR) is 277 cm³/mol. The molecule has 2 aliphatic heterocycles. The topological polar surface area (TPSA) is 437 Å². The summed E-state index contributed by atoms with van der Waals surface area (Å²) in [7, 11) is 0. The highest BCUT2D eigenvalue weighted by atomic mass is 16.3. The lowest BCUT2D eigenvalue weighted by Gasteiger charge is -2.31. The molecule has 0 aliphatic carbocycles. The SMILES string of the molecule is CCCCCCCCCCCCC[C@@H]1CC(=O)NC(CC(N)=O)C(=O)N[C@H](Cc2ccc(O)cc2)C(=O)N[C@H](CC(N)=O)C(=O)N[C@@H](CCC(N)=O)C(=O)N2CCC[C@H]2C(=O)N[C@H](CC(N)=O)C(=O)NC([C@@H](C)O)C(=O)N1. The standard InChI is InChI=1S/C51H80N12O14/c1-3-4-5-6-7-8-9-10-11-12-13-15-31-25-43(70)57-35(26-40(53)67)46(72)59-34(24-30-17-19-32(65)20-18-30)45(71)60-36(27-41(54)68)47(73)58-33(21-22-39(52)66)51(77)63-23-14-16-38(63)49(75)61-37(28-42(55)69)48(74)62-44(29(2)64)50(76)56-31/h17-20,29,31,33-38,44,64-65H,3-16,21-28H2,1-2H3,(H2,52,66)(H2,53,67)(H2,54,68)(H2,55,69)(H,56,76)(H,57,70)(H,58,73)(H,59,72)(H,60,71)(H,61,75)(H,62,74)/t29-,31-,33+,34-,35?,36-,37-,38+,44?/m1/s1. The van der Waals surface area contributed by atoms with Gasteiger partial charge >= 0.3 is 0 Å². The van der Waals surface area contributed by atoms with E-state index in [0.29, 0.717) is 18.4 Å². The number of primary amides is 4. The Balaban J connectivity index is 2.12. The summed E-state index contributed by atoms with van der Waals surface area (Å²) in [6, 6.07) is -7.41. The number of hydrogen-bond donors (Lipinski definition) is 13. The molecule has 0 aromatic heterocycles. The van der Waals surface area contributed by atoms with Crippen molar-refractivity contribution in [2.45, 2.75) is 203 Å². The molecule has 0 radical (unpaired) electrons. The number of carbonyl (C=O) groups excluding carboxylic acids is 12. The summed E-state index contributed by atoms with van der Waals surface area (Å²) in [6.07, 6.45) is 5.44. The quantitative estimate of drug-likeness (QED) is 0.0485. The van der Waals surface area contributed by atoms with Gasteiger partial charge in [-0.1, -0.05) is 89.7 Å². The van der Waals surface area contributed by atoms with Crippen molar-refractivity contribution in [2.24, 2.45) is 22.9 Å². The average Bonchev–Trinajstić information content (AvgIpc) is 3.85. The van der Waals surface area contributed by atoms with E-state index in [1.807, 2.05) is 0 Å². The van der Waals surface area contributed by atoms with Crippen molar-refractivity contribution in [1.82, 2.24) is 42.1 Å². The zero-order valence-electron chi connectivity index (χ0n) is 44.1. The highest BCUT2D eigenvalue weighted by molar-refractivity contribution is 6.00. The van der Waals surface area contributed by atoms with Crippen LogP contribution in [0.2, 0.25) is 0 Å². The van der Waals surface area contributed by atoms with Gasteiger partial charge in [-0.05, 0) is 50.3 Å². The molecule has 26 heteroatoms. The highest BCUT2D eigenvalue weighted by Crippen LogP contribution is 2.21. The fourth-order valence-corrected chi connectivity index (χ4v) is 9.15. The van der Waals surface area contributed by atoms with Crippen LogP contribution in [0.5, 0.6) is 5.75 Å². The lowest BCUT2D eigenvalue weighted by atomic mass is 10.0. The largest absolute Gasteiger partial charge is 0.508 e. The van der Waals surface area contributed by atoms with Crippen LogP contribution in [0.1, 0.15) is 148 Å². The van der Waals surface area contributed by atoms with Crippen molar-refractivity contribution in [3.63, 3.8) is 0 Å². The van der Waals surface area contributed by atoms with Crippen molar-refractivity contribution in [2.75, 3.05) is 6.54 Å². The van der Waals surface area contributed by atoms with Gasteiger partial charge in [0.05, 0.1) is 25.4 Å². The molecule has 17 N–H and O–H groups in total. The Bertz CT molecular complexity index is 2230. The van der Waals surface area contributed by atoms with E-state index >= 15 is 0 Å². The predicted octanol–water partition coefficient (Wildman–Crippen LogP) is -2.30. The smallest absolute Gasteiger partial charge is 0.245 e. The van der Waals surface area contributed by atoms with E-state index in [-0.39, 0.29) is 38.0 Å². The minimum absolute atomic E-state index is 0.000556. The fourth-order valence-electron chi connectivity index (χ4n) is 9.15. The van der Waals surface area contributed by atoms with E-state index in [4.69, 9.17) is 22.9 Å². The van der Waals surface area contributed by atoms with Crippen LogP contribution in [-0.2, 0) is 64.0 Å². The monoisotopic (exact) mass is 1080 g/mol. The van der Waals surface area contributed by atoms with Gasteiger partial charge in [0, 0.05) is 31.8 Å². The van der Waals surface area contributed by atoms with Gasteiger partial charge in [0.1, 0.15) is 48.0 Å². The van der Waals surface area contributed by atoms with Gasteiger partial charge in [-0.2, -0.15) is 0 Å². The Kier molecular flexibility index (Phi) is 27.3. The molecule has 77 heavy (non-hydrogen) atoms. The van der Waals surface area contributed by atoms with E-state index < -0.39 is 164 Å². The van der Waals surface area contributed by atoms with Crippen LogP contribution in [0.4, 0.5) is 0 Å². The number of phenolic OH excluding ortho intramolecular Hbond substituents is 1. The summed E-state index contributed by atoms with van der Waals surface area (Å²) < 4.78 is 0. The number of benzene rings is 1. The molecule has 1 aromatic carbocycles. The molecule has 3 rings (SSSR count). The second-order valence-corrected chi connectivity index (χ2v) is 19.9. The Labute approximate surface area is 447 Å². The number of nitrogens with zero attached hydrogens (tertiary/aromatic N) is 1. The number of carbonyl (C=O) groups is 12. The molecule has 0 saturated carbocycles. The zero-order valence-corrected chi connectivity index (χ0v) is 44.1.